The molecule has 1 aromatic rings. The van der Waals surface area contributed by atoms with Crippen LogP contribution < -0.4 is 4.74 Å². The maximum atomic E-state index is 11.0. The Bertz CT molecular complexity index is 407. The molecule has 0 bridgehead atoms. The summed E-state index contributed by atoms with van der Waals surface area (Å²) in [6.45, 7) is 7.44. The van der Waals surface area contributed by atoms with Gasteiger partial charge in [0.2, 0.25) is 0 Å². The van der Waals surface area contributed by atoms with E-state index in [1.54, 1.807) is 0 Å². The van der Waals surface area contributed by atoms with E-state index in [4.69, 9.17) is 9.47 Å². The second-order valence-corrected chi connectivity index (χ2v) is 4.50. The molecule has 0 aliphatic carbocycles. The molecule has 0 radical (unpaired) electrons. The molecule has 1 rings (SSSR count). The molecule has 0 saturated carbocycles. The first-order chi connectivity index (χ1) is 9.21. The molecular formula is C16H22O3. The lowest BCUT2D eigenvalue weighted by Gasteiger charge is -2.11. The van der Waals surface area contributed by atoms with Gasteiger partial charge in [-0.05, 0) is 30.5 Å². The van der Waals surface area contributed by atoms with Gasteiger partial charge in [0, 0.05) is 0 Å². The highest BCUT2D eigenvalue weighted by Gasteiger charge is 2.03. The zero-order valence-corrected chi connectivity index (χ0v) is 11.9. The van der Waals surface area contributed by atoms with E-state index >= 15 is 0 Å². The standard InChI is InChI=1S/C16H22O3/c1-4-13(3)11-19-16-8-6-14(7-9-16)15(10-17)12-18-5-2/h6-10,12-13H,4-5,11H2,1-3H3/b15-12+. The highest BCUT2D eigenvalue weighted by atomic mass is 16.5. The number of aldehydes is 1. The van der Waals surface area contributed by atoms with Crippen LogP contribution in [0.2, 0.25) is 0 Å². The number of carbonyl (C=O) groups is 1. The number of allylic oxidation sites excluding steroid dienone is 1. The molecule has 1 aromatic carbocycles. The second-order valence-electron chi connectivity index (χ2n) is 4.50. The van der Waals surface area contributed by atoms with Gasteiger partial charge in [-0.3, -0.25) is 4.79 Å². The van der Waals surface area contributed by atoms with Crippen LogP contribution in [0.4, 0.5) is 0 Å². The van der Waals surface area contributed by atoms with Gasteiger partial charge < -0.3 is 9.47 Å². The Balaban J connectivity index is 2.67. The Labute approximate surface area is 115 Å². The number of rotatable bonds is 8. The largest absolute Gasteiger partial charge is 0.501 e. The van der Waals surface area contributed by atoms with Gasteiger partial charge in [-0.25, -0.2) is 0 Å². The molecule has 0 spiro atoms. The number of hydrogen-bond acceptors (Lipinski definition) is 3. The Kier molecular flexibility index (Phi) is 6.72. The molecule has 1 atom stereocenters. The topological polar surface area (TPSA) is 35.5 Å². The number of carbonyl (C=O) groups excluding carboxylic acids is 1. The summed E-state index contributed by atoms with van der Waals surface area (Å²) in [4.78, 5) is 11.0. The first-order valence-electron chi connectivity index (χ1n) is 6.71. The molecule has 3 nitrogen and oxygen atoms in total. The van der Waals surface area contributed by atoms with Crippen molar-refractivity contribution in [2.45, 2.75) is 27.2 Å². The fourth-order valence-corrected chi connectivity index (χ4v) is 1.44. The van der Waals surface area contributed by atoms with E-state index in [1.165, 1.54) is 6.26 Å². The smallest absolute Gasteiger partial charge is 0.153 e. The minimum atomic E-state index is 0.537. The van der Waals surface area contributed by atoms with Crippen LogP contribution in [0.3, 0.4) is 0 Å². The van der Waals surface area contributed by atoms with E-state index in [1.807, 2.05) is 31.2 Å². The zero-order valence-electron chi connectivity index (χ0n) is 11.9. The summed E-state index contributed by atoms with van der Waals surface area (Å²) in [5, 5.41) is 0. The molecule has 0 heterocycles. The maximum Gasteiger partial charge on any atom is 0.153 e. The third-order valence-electron chi connectivity index (χ3n) is 2.92. The van der Waals surface area contributed by atoms with Crippen LogP contribution in [-0.2, 0) is 9.53 Å². The van der Waals surface area contributed by atoms with E-state index in [2.05, 4.69) is 13.8 Å². The summed E-state index contributed by atoms with van der Waals surface area (Å²) >= 11 is 0. The second kappa shape index (κ2) is 8.35. The van der Waals surface area contributed by atoms with Crippen molar-refractivity contribution in [1.82, 2.24) is 0 Å². The van der Waals surface area contributed by atoms with Crippen LogP contribution in [0.1, 0.15) is 32.8 Å². The first kappa shape index (κ1) is 15.3. The lowest BCUT2D eigenvalue weighted by Crippen LogP contribution is -2.07. The maximum absolute atomic E-state index is 11.0. The average molecular weight is 262 g/mol. The lowest BCUT2D eigenvalue weighted by molar-refractivity contribution is -0.103. The molecule has 19 heavy (non-hydrogen) atoms. The van der Waals surface area contributed by atoms with Crippen LogP contribution >= 0.6 is 0 Å². The molecular weight excluding hydrogens is 240 g/mol. The molecule has 1 unspecified atom stereocenters. The summed E-state index contributed by atoms with van der Waals surface area (Å²) in [7, 11) is 0. The fraction of sp³-hybridized carbons (Fsp3) is 0.438. The third-order valence-corrected chi connectivity index (χ3v) is 2.92. The Morgan fingerprint density at radius 1 is 1.26 bits per heavy atom. The van der Waals surface area contributed by atoms with Gasteiger partial charge in [0.15, 0.2) is 6.29 Å². The van der Waals surface area contributed by atoms with Crippen LogP contribution in [0.5, 0.6) is 5.75 Å². The fourth-order valence-electron chi connectivity index (χ4n) is 1.44. The Morgan fingerprint density at radius 3 is 2.47 bits per heavy atom. The van der Waals surface area contributed by atoms with Crippen molar-refractivity contribution in [3.05, 3.63) is 36.1 Å². The van der Waals surface area contributed by atoms with Crippen LogP contribution in [0.15, 0.2) is 30.5 Å². The molecule has 0 fully saturated rings. The summed E-state index contributed by atoms with van der Waals surface area (Å²) in [6.07, 6.45) is 3.39. The molecule has 0 saturated heterocycles. The van der Waals surface area contributed by atoms with Crippen molar-refractivity contribution in [3.63, 3.8) is 0 Å². The summed E-state index contributed by atoms with van der Waals surface area (Å²) in [6, 6.07) is 7.48. The first-order valence-corrected chi connectivity index (χ1v) is 6.71. The predicted octanol–water partition coefficient (Wildman–Crippen LogP) is 3.69. The van der Waals surface area contributed by atoms with Gasteiger partial charge in [-0.15, -0.1) is 0 Å². The zero-order chi connectivity index (χ0) is 14.1. The molecule has 0 aliphatic heterocycles. The number of benzene rings is 1. The van der Waals surface area contributed by atoms with Gasteiger partial charge in [-0.2, -0.15) is 0 Å². The minimum Gasteiger partial charge on any atom is -0.501 e. The van der Waals surface area contributed by atoms with Crippen molar-refractivity contribution >= 4 is 11.9 Å². The van der Waals surface area contributed by atoms with Crippen molar-refractivity contribution in [3.8, 4) is 5.75 Å². The Hall–Kier alpha value is -1.77. The summed E-state index contributed by atoms with van der Waals surface area (Å²) in [5.74, 6) is 1.37. The minimum absolute atomic E-state index is 0.537. The van der Waals surface area contributed by atoms with Gasteiger partial charge in [0.05, 0.1) is 25.0 Å². The van der Waals surface area contributed by atoms with Crippen LogP contribution in [0.25, 0.3) is 5.57 Å². The van der Waals surface area contributed by atoms with Crippen molar-refractivity contribution in [2.24, 2.45) is 5.92 Å². The summed E-state index contributed by atoms with van der Waals surface area (Å²) in [5.41, 5.74) is 1.37. The van der Waals surface area contributed by atoms with E-state index in [0.717, 1.165) is 24.0 Å². The van der Waals surface area contributed by atoms with Gasteiger partial charge in [-0.1, -0.05) is 32.4 Å². The average Bonchev–Trinajstić information content (AvgIpc) is 2.46. The number of ether oxygens (including phenoxy) is 2. The lowest BCUT2D eigenvalue weighted by atomic mass is 10.1. The quantitative estimate of drug-likeness (QED) is 0.407. The van der Waals surface area contributed by atoms with E-state index in [0.29, 0.717) is 24.7 Å². The molecule has 104 valence electrons. The van der Waals surface area contributed by atoms with Crippen LogP contribution in [-0.4, -0.2) is 19.5 Å². The molecule has 3 heteroatoms. The highest BCUT2D eigenvalue weighted by molar-refractivity contribution is 6.06. The van der Waals surface area contributed by atoms with Gasteiger partial charge in [0.1, 0.15) is 5.75 Å². The monoisotopic (exact) mass is 262 g/mol. The molecule has 0 aromatic heterocycles. The van der Waals surface area contributed by atoms with Crippen molar-refractivity contribution in [1.29, 1.82) is 0 Å². The van der Waals surface area contributed by atoms with E-state index in [-0.39, 0.29) is 0 Å². The number of hydrogen-bond donors (Lipinski definition) is 0. The summed E-state index contributed by atoms with van der Waals surface area (Å²) < 4.78 is 10.8. The molecule has 0 amide bonds. The SMILES string of the molecule is CCO/C=C(\C=O)c1ccc(OCC(C)CC)cc1. The van der Waals surface area contributed by atoms with Crippen molar-refractivity contribution < 1.29 is 14.3 Å². The van der Waals surface area contributed by atoms with E-state index < -0.39 is 0 Å². The van der Waals surface area contributed by atoms with Gasteiger partial charge in [0.25, 0.3) is 0 Å². The normalized spacial score (nSPS) is 12.9. The van der Waals surface area contributed by atoms with Gasteiger partial charge >= 0.3 is 0 Å². The Morgan fingerprint density at radius 2 is 1.95 bits per heavy atom. The van der Waals surface area contributed by atoms with E-state index in [9.17, 15) is 4.79 Å². The van der Waals surface area contributed by atoms with Crippen molar-refractivity contribution in [2.75, 3.05) is 13.2 Å². The third kappa shape index (κ3) is 5.16. The predicted molar refractivity (Wildman–Crippen MR) is 77.1 cm³/mol. The highest BCUT2D eigenvalue weighted by Crippen LogP contribution is 2.18. The van der Waals surface area contributed by atoms with Crippen LogP contribution in [0, 0.1) is 5.92 Å². The molecule has 0 N–H and O–H groups in total. The molecule has 0 aliphatic rings.